The molecule has 0 radical (unpaired) electrons. The van der Waals surface area contributed by atoms with Gasteiger partial charge < -0.3 is 4.42 Å². The molecule has 0 spiro atoms. The Bertz CT molecular complexity index is 410. The van der Waals surface area contributed by atoms with Gasteiger partial charge in [-0.3, -0.25) is 0 Å². The Morgan fingerprint density at radius 3 is 3.08 bits per heavy atom. The van der Waals surface area contributed by atoms with Crippen molar-refractivity contribution in [3.63, 3.8) is 0 Å². The smallest absolute Gasteiger partial charge is 0.203 e. The summed E-state index contributed by atoms with van der Waals surface area (Å²) < 4.78 is 10.2. The van der Waals surface area contributed by atoms with E-state index in [0.29, 0.717) is 0 Å². The number of aromatic nitrogens is 2. The number of nitrogens with zero attached hydrogens (tertiary/aromatic N) is 2. The summed E-state index contributed by atoms with van der Waals surface area (Å²) in [6.45, 7) is 2.06. The minimum atomic E-state index is 0.792. The van der Waals surface area contributed by atoms with Crippen molar-refractivity contribution in [2.75, 3.05) is 0 Å². The van der Waals surface area contributed by atoms with Crippen LogP contribution < -0.4 is 0 Å². The van der Waals surface area contributed by atoms with Gasteiger partial charge in [-0.05, 0) is 17.6 Å². The number of hydrogen-bond donors (Lipinski definition) is 0. The van der Waals surface area contributed by atoms with Crippen molar-refractivity contribution in [2.24, 2.45) is 0 Å². The number of halogens is 1. The van der Waals surface area contributed by atoms with E-state index in [4.69, 9.17) is 4.42 Å². The largest absolute Gasteiger partial charge is 0.469 e. The van der Waals surface area contributed by atoms with Crippen LogP contribution in [0.5, 0.6) is 0 Å². The molecule has 5 heteroatoms. The quantitative estimate of drug-likeness (QED) is 0.801. The average molecular weight is 306 g/mol. The minimum absolute atomic E-state index is 0.792. The first-order chi connectivity index (χ1) is 6.31. The lowest BCUT2D eigenvalue weighted by Gasteiger charge is -1.92. The van der Waals surface area contributed by atoms with E-state index in [1.807, 2.05) is 6.07 Å². The van der Waals surface area contributed by atoms with Crippen LogP contribution in [0.15, 0.2) is 16.7 Å². The first-order valence-corrected chi connectivity index (χ1v) is 5.72. The molecule has 13 heavy (non-hydrogen) atoms. The van der Waals surface area contributed by atoms with Crippen LogP contribution in [0.2, 0.25) is 0 Å². The summed E-state index contributed by atoms with van der Waals surface area (Å²) in [5, 5.41) is 0.940. The monoisotopic (exact) mass is 306 g/mol. The molecule has 0 fully saturated rings. The molecule has 2 heterocycles. The summed E-state index contributed by atoms with van der Waals surface area (Å²) in [6, 6.07) is 1.94. The highest BCUT2D eigenvalue weighted by molar-refractivity contribution is 14.1. The molecule has 0 atom stereocenters. The molecule has 0 bridgehead atoms. The van der Waals surface area contributed by atoms with Gasteiger partial charge in [0.15, 0.2) is 0 Å². The van der Waals surface area contributed by atoms with E-state index in [-0.39, 0.29) is 0 Å². The second kappa shape index (κ2) is 3.75. The first-order valence-electron chi connectivity index (χ1n) is 3.87. The molecule has 0 amide bonds. The Hall–Kier alpha value is -0.430. The second-order valence-electron chi connectivity index (χ2n) is 2.48. The summed E-state index contributed by atoms with van der Waals surface area (Å²) in [6.07, 6.45) is 2.58. The lowest BCUT2D eigenvalue weighted by molar-refractivity contribution is 0.517. The van der Waals surface area contributed by atoms with Gasteiger partial charge in [0.1, 0.15) is 10.8 Å². The van der Waals surface area contributed by atoms with Gasteiger partial charge in [-0.25, -0.2) is 4.98 Å². The van der Waals surface area contributed by atoms with E-state index >= 15 is 0 Å². The molecular formula is C8H7IN2OS. The van der Waals surface area contributed by atoms with Crippen LogP contribution in [-0.4, -0.2) is 9.36 Å². The highest BCUT2D eigenvalue weighted by Gasteiger charge is 2.10. The number of rotatable bonds is 2. The van der Waals surface area contributed by atoms with Gasteiger partial charge in [0, 0.05) is 29.0 Å². The Balaban J connectivity index is 2.45. The average Bonchev–Trinajstić information content (AvgIpc) is 2.71. The molecule has 68 valence electrons. The highest BCUT2D eigenvalue weighted by atomic mass is 127. The lowest BCUT2D eigenvalue weighted by Crippen LogP contribution is -1.80. The third kappa shape index (κ3) is 1.76. The van der Waals surface area contributed by atoms with Gasteiger partial charge in [-0.15, -0.1) is 0 Å². The van der Waals surface area contributed by atoms with Crippen LogP contribution in [0.1, 0.15) is 12.7 Å². The molecule has 0 N–H and O–H groups in total. The zero-order chi connectivity index (χ0) is 9.26. The van der Waals surface area contributed by atoms with E-state index in [2.05, 4.69) is 38.9 Å². The van der Waals surface area contributed by atoms with Gasteiger partial charge in [0.25, 0.3) is 0 Å². The molecule has 0 aliphatic carbocycles. The van der Waals surface area contributed by atoms with E-state index in [9.17, 15) is 0 Å². The summed E-state index contributed by atoms with van der Waals surface area (Å²) >= 11 is 3.52. The summed E-state index contributed by atoms with van der Waals surface area (Å²) in [4.78, 5) is 4.30. The SMILES string of the molecule is CCc1occc1-c1nc(I)ns1. The van der Waals surface area contributed by atoms with Crippen molar-refractivity contribution >= 4 is 34.1 Å². The Labute approximate surface area is 93.5 Å². The van der Waals surface area contributed by atoms with Gasteiger partial charge in [-0.1, -0.05) is 6.92 Å². The van der Waals surface area contributed by atoms with Crippen LogP contribution in [0.3, 0.4) is 0 Å². The fraction of sp³-hybridized carbons (Fsp3) is 0.250. The van der Waals surface area contributed by atoms with E-state index in [1.165, 1.54) is 11.5 Å². The van der Waals surface area contributed by atoms with Crippen LogP contribution in [0.4, 0.5) is 0 Å². The number of hydrogen-bond acceptors (Lipinski definition) is 4. The van der Waals surface area contributed by atoms with Crippen molar-refractivity contribution in [3.8, 4) is 10.6 Å². The zero-order valence-corrected chi connectivity index (χ0v) is 9.92. The molecule has 0 aromatic carbocycles. The van der Waals surface area contributed by atoms with Crippen molar-refractivity contribution < 1.29 is 4.42 Å². The molecule has 0 aliphatic rings. The van der Waals surface area contributed by atoms with Gasteiger partial charge in [-0.2, -0.15) is 4.37 Å². The van der Waals surface area contributed by atoms with Gasteiger partial charge in [0.05, 0.1) is 11.8 Å². The van der Waals surface area contributed by atoms with Crippen LogP contribution in [-0.2, 0) is 6.42 Å². The molecule has 0 saturated heterocycles. The maximum Gasteiger partial charge on any atom is 0.203 e. The molecule has 0 saturated carbocycles. The maximum atomic E-state index is 5.31. The minimum Gasteiger partial charge on any atom is -0.469 e. The molecule has 2 rings (SSSR count). The highest BCUT2D eigenvalue weighted by Crippen LogP contribution is 2.26. The van der Waals surface area contributed by atoms with Crippen molar-refractivity contribution in [3.05, 3.63) is 21.9 Å². The second-order valence-corrected chi connectivity index (χ2v) is 4.20. The van der Waals surface area contributed by atoms with E-state index < -0.39 is 0 Å². The molecule has 2 aromatic rings. The normalized spacial score (nSPS) is 10.6. The van der Waals surface area contributed by atoms with Crippen molar-refractivity contribution in [1.29, 1.82) is 0 Å². The Morgan fingerprint density at radius 1 is 1.62 bits per heavy atom. The van der Waals surface area contributed by atoms with Crippen LogP contribution in [0.25, 0.3) is 10.6 Å². The fourth-order valence-corrected chi connectivity index (χ4v) is 2.43. The molecule has 2 aromatic heterocycles. The van der Waals surface area contributed by atoms with Gasteiger partial charge in [0.2, 0.25) is 3.83 Å². The standard InChI is InChI=1S/C8H7IN2OS/c1-2-6-5(3-4-12-6)7-10-8(9)11-13-7/h3-4H,2H2,1H3. The molecule has 0 unspecified atom stereocenters. The number of aryl methyl sites for hydroxylation is 1. The van der Waals surface area contributed by atoms with Gasteiger partial charge >= 0.3 is 0 Å². The topological polar surface area (TPSA) is 38.9 Å². The van der Waals surface area contributed by atoms with Crippen LogP contribution in [0, 0.1) is 3.83 Å². The maximum absolute atomic E-state index is 5.31. The summed E-state index contributed by atoms with van der Waals surface area (Å²) in [5.74, 6) is 0.979. The summed E-state index contributed by atoms with van der Waals surface area (Å²) in [7, 11) is 0. The Morgan fingerprint density at radius 2 is 2.46 bits per heavy atom. The van der Waals surface area contributed by atoms with Crippen molar-refractivity contribution in [2.45, 2.75) is 13.3 Å². The third-order valence-electron chi connectivity index (χ3n) is 1.70. The van der Waals surface area contributed by atoms with Crippen molar-refractivity contribution in [1.82, 2.24) is 9.36 Å². The van der Waals surface area contributed by atoms with E-state index in [1.54, 1.807) is 6.26 Å². The van der Waals surface area contributed by atoms with Crippen LogP contribution >= 0.6 is 34.1 Å². The number of furan rings is 1. The Kier molecular flexibility index (Phi) is 2.63. The fourth-order valence-electron chi connectivity index (χ4n) is 1.12. The predicted molar refractivity (Wildman–Crippen MR) is 59.7 cm³/mol. The lowest BCUT2D eigenvalue weighted by atomic mass is 10.2. The molecular weight excluding hydrogens is 299 g/mol. The summed E-state index contributed by atoms with van der Waals surface area (Å²) in [5.41, 5.74) is 1.07. The molecule has 3 nitrogen and oxygen atoms in total. The predicted octanol–water partition coefficient (Wildman–Crippen LogP) is 2.97. The first kappa shape index (κ1) is 9.14. The zero-order valence-electron chi connectivity index (χ0n) is 6.95. The molecule has 0 aliphatic heterocycles. The third-order valence-corrected chi connectivity index (χ3v) is 3.26. The van der Waals surface area contributed by atoms with E-state index in [0.717, 1.165) is 26.6 Å².